The molecule has 6 aromatic carbocycles. The second kappa shape index (κ2) is 10.6. The molecule has 0 fully saturated rings. The Morgan fingerprint density at radius 2 is 0.763 bits per heavy atom. The predicted molar refractivity (Wildman–Crippen MR) is 162 cm³/mol. The van der Waals surface area contributed by atoms with Crippen LogP contribution in [-0.4, -0.2) is 0 Å². The van der Waals surface area contributed by atoms with E-state index in [0.717, 1.165) is 17.1 Å². The van der Waals surface area contributed by atoms with Crippen LogP contribution in [0.2, 0.25) is 0 Å². The van der Waals surface area contributed by atoms with Crippen molar-refractivity contribution in [2.75, 3.05) is 4.90 Å². The largest absolute Gasteiger partial charge is 0.310 e. The van der Waals surface area contributed by atoms with Gasteiger partial charge in [-0.2, -0.15) is 0 Å². The van der Waals surface area contributed by atoms with Gasteiger partial charge in [0.1, 0.15) is 0 Å². The van der Waals surface area contributed by atoms with Gasteiger partial charge in [-0.05, 0) is 65.1 Å². The highest BCUT2D eigenvalue weighted by Gasteiger charge is 2.17. The van der Waals surface area contributed by atoms with E-state index in [4.69, 9.17) is 0 Å². The Balaban J connectivity index is 1.41. The average molecular weight is 488 g/mol. The van der Waals surface area contributed by atoms with E-state index in [2.05, 4.69) is 170 Å². The van der Waals surface area contributed by atoms with Gasteiger partial charge in [0.15, 0.2) is 0 Å². The molecule has 0 saturated heterocycles. The van der Waals surface area contributed by atoms with Crippen LogP contribution in [-0.2, 0) is 0 Å². The molecule has 6 aromatic rings. The number of para-hydroxylation sites is 2. The van der Waals surface area contributed by atoms with Crippen LogP contribution in [0.5, 0.6) is 0 Å². The van der Waals surface area contributed by atoms with E-state index in [-0.39, 0.29) is 0 Å². The summed E-state index contributed by atoms with van der Waals surface area (Å²) in [6.45, 7) is 2.12. The van der Waals surface area contributed by atoms with Gasteiger partial charge < -0.3 is 4.90 Å². The molecule has 38 heavy (non-hydrogen) atoms. The van der Waals surface area contributed by atoms with Crippen molar-refractivity contribution >= 4 is 17.1 Å². The third-order valence-corrected chi connectivity index (χ3v) is 6.97. The van der Waals surface area contributed by atoms with Crippen molar-refractivity contribution in [1.29, 1.82) is 0 Å². The number of nitrogens with zero attached hydrogens (tertiary/aromatic N) is 1. The quantitative estimate of drug-likeness (QED) is 0.226. The van der Waals surface area contributed by atoms with Crippen LogP contribution in [0.25, 0.3) is 33.4 Å². The summed E-state index contributed by atoms with van der Waals surface area (Å²) in [6, 6.07) is 56.2. The molecule has 0 unspecified atom stereocenters. The minimum atomic E-state index is 1.12. The van der Waals surface area contributed by atoms with Crippen LogP contribution in [0.15, 0.2) is 158 Å². The third kappa shape index (κ3) is 4.87. The Labute approximate surface area is 225 Å². The zero-order chi connectivity index (χ0) is 25.7. The molecule has 1 heteroatoms. The fourth-order valence-corrected chi connectivity index (χ4v) is 4.94. The van der Waals surface area contributed by atoms with E-state index in [1.807, 2.05) is 0 Å². The van der Waals surface area contributed by atoms with Crippen molar-refractivity contribution in [2.24, 2.45) is 0 Å². The van der Waals surface area contributed by atoms with E-state index < -0.39 is 0 Å². The molecule has 0 radical (unpaired) electrons. The van der Waals surface area contributed by atoms with E-state index >= 15 is 0 Å². The second-order valence-electron chi connectivity index (χ2n) is 9.54. The lowest BCUT2D eigenvalue weighted by molar-refractivity contribution is 1.28. The molecule has 6 rings (SSSR count). The maximum Gasteiger partial charge on any atom is 0.0540 e. The summed E-state index contributed by atoms with van der Waals surface area (Å²) in [5.74, 6) is 0. The summed E-state index contributed by atoms with van der Waals surface area (Å²) >= 11 is 0. The molecular weight excluding hydrogens is 458 g/mol. The summed E-state index contributed by atoms with van der Waals surface area (Å²) < 4.78 is 0. The van der Waals surface area contributed by atoms with Crippen LogP contribution < -0.4 is 4.90 Å². The van der Waals surface area contributed by atoms with Gasteiger partial charge in [-0.3, -0.25) is 0 Å². The van der Waals surface area contributed by atoms with Gasteiger partial charge in [0.2, 0.25) is 0 Å². The SMILES string of the molecule is Cc1ccc(-c2ccc(-c3ccccc3N(c3ccccc3)c3ccc(-c4ccccc4)cc3)cc2)cc1. The molecule has 0 heterocycles. The Morgan fingerprint density at radius 3 is 1.39 bits per heavy atom. The van der Waals surface area contributed by atoms with Crippen LogP contribution >= 0.6 is 0 Å². The maximum absolute atomic E-state index is 2.35. The Morgan fingerprint density at radius 1 is 0.342 bits per heavy atom. The number of aryl methyl sites for hydroxylation is 1. The number of hydrogen-bond donors (Lipinski definition) is 0. The lowest BCUT2D eigenvalue weighted by atomic mass is 9.98. The van der Waals surface area contributed by atoms with Gasteiger partial charge in [-0.25, -0.2) is 0 Å². The number of rotatable bonds is 6. The molecular formula is C37H29N. The van der Waals surface area contributed by atoms with Crippen molar-refractivity contribution in [2.45, 2.75) is 6.92 Å². The topological polar surface area (TPSA) is 3.24 Å². The third-order valence-electron chi connectivity index (χ3n) is 6.97. The van der Waals surface area contributed by atoms with Gasteiger partial charge in [0, 0.05) is 16.9 Å². The Bertz CT molecular complexity index is 1620. The first-order chi connectivity index (χ1) is 18.8. The van der Waals surface area contributed by atoms with Crippen molar-refractivity contribution in [3.8, 4) is 33.4 Å². The van der Waals surface area contributed by atoms with Gasteiger partial charge in [0.05, 0.1) is 5.69 Å². The average Bonchev–Trinajstić information content (AvgIpc) is 3.00. The minimum absolute atomic E-state index is 1.12. The molecule has 182 valence electrons. The zero-order valence-electron chi connectivity index (χ0n) is 21.5. The second-order valence-corrected chi connectivity index (χ2v) is 9.54. The maximum atomic E-state index is 2.35. The highest BCUT2D eigenvalue weighted by Crippen LogP contribution is 2.41. The minimum Gasteiger partial charge on any atom is -0.310 e. The van der Waals surface area contributed by atoms with Crippen LogP contribution in [0.4, 0.5) is 17.1 Å². The summed E-state index contributed by atoms with van der Waals surface area (Å²) in [5, 5.41) is 0. The van der Waals surface area contributed by atoms with Crippen molar-refractivity contribution < 1.29 is 0 Å². The van der Waals surface area contributed by atoms with Gasteiger partial charge in [-0.15, -0.1) is 0 Å². The van der Waals surface area contributed by atoms with E-state index in [0.29, 0.717) is 0 Å². The molecule has 0 saturated carbocycles. The fraction of sp³-hybridized carbons (Fsp3) is 0.0270. The van der Waals surface area contributed by atoms with Crippen LogP contribution in [0.3, 0.4) is 0 Å². The number of anilines is 3. The molecule has 0 aliphatic rings. The van der Waals surface area contributed by atoms with Crippen LogP contribution in [0, 0.1) is 6.92 Å². The predicted octanol–water partition coefficient (Wildman–Crippen LogP) is 10.5. The van der Waals surface area contributed by atoms with E-state index in [1.54, 1.807) is 0 Å². The zero-order valence-corrected chi connectivity index (χ0v) is 21.5. The highest BCUT2D eigenvalue weighted by atomic mass is 15.1. The van der Waals surface area contributed by atoms with Gasteiger partial charge in [-0.1, -0.05) is 133 Å². The Hall–Kier alpha value is -4.88. The van der Waals surface area contributed by atoms with Crippen LogP contribution in [0.1, 0.15) is 5.56 Å². The number of benzene rings is 6. The molecule has 0 amide bonds. The lowest BCUT2D eigenvalue weighted by Crippen LogP contribution is -2.11. The first-order valence-corrected chi connectivity index (χ1v) is 13.0. The molecule has 0 spiro atoms. The molecule has 0 aromatic heterocycles. The number of hydrogen-bond acceptors (Lipinski definition) is 1. The van der Waals surface area contributed by atoms with Crippen molar-refractivity contribution in [1.82, 2.24) is 0 Å². The molecule has 0 aliphatic carbocycles. The van der Waals surface area contributed by atoms with Gasteiger partial charge >= 0.3 is 0 Å². The summed E-state index contributed by atoms with van der Waals surface area (Å²) in [6.07, 6.45) is 0. The smallest absolute Gasteiger partial charge is 0.0540 e. The lowest BCUT2D eigenvalue weighted by Gasteiger charge is -2.28. The molecule has 1 nitrogen and oxygen atoms in total. The summed E-state index contributed by atoms with van der Waals surface area (Å²) in [5.41, 5.74) is 12.0. The molecule has 0 N–H and O–H groups in total. The highest BCUT2D eigenvalue weighted by molar-refractivity contribution is 5.89. The van der Waals surface area contributed by atoms with Crippen molar-refractivity contribution in [3.05, 3.63) is 163 Å². The van der Waals surface area contributed by atoms with Gasteiger partial charge in [0.25, 0.3) is 0 Å². The summed E-state index contributed by atoms with van der Waals surface area (Å²) in [4.78, 5) is 2.35. The summed E-state index contributed by atoms with van der Waals surface area (Å²) in [7, 11) is 0. The fourth-order valence-electron chi connectivity index (χ4n) is 4.94. The standard InChI is InChI=1S/C37H29N/c1-28-16-18-30(19-17-28)31-20-22-33(23-21-31)36-14-8-9-15-37(36)38(34-12-6-3-7-13-34)35-26-24-32(25-27-35)29-10-4-2-5-11-29/h2-27H,1H3. The molecule has 0 atom stereocenters. The van der Waals surface area contributed by atoms with Crippen molar-refractivity contribution in [3.63, 3.8) is 0 Å². The normalized spacial score (nSPS) is 10.8. The first kappa shape index (κ1) is 23.5. The molecule has 0 aliphatic heterocycles. The van der Waals surface area contributed by atoms with E-state index in [9.17, 15) is 0 Å². The first-order valence-electron chi connectivity index (χ1n) is 13.0. The molecule has 0 bridgehead atoms. The monoisotopic (exact) mass is 487 g/mol. The van der Waals surface area contributed by atoms with E-state index in [1.165, 1.54) is 38.9 Å². The Kier molecular flexibility index (Phi) is 6.57.